The van der Waals surface area contributed by atoms with E-state index in [0.29, 0.717) is 17.9 Å². The van der Waals surface area contributed by atoms with Crippen LogP contribution in [0.25, 0.3) is 6.08 Å². The van der Waals surface area contributed by atoms with Crippen molar-refractivity contribution in [1.29, 1.82) is 0 Å². The molecule has 0 aromatic heterocycles. The van der Waals surface area contributed by atoms with Crippen molar-refractivity contribution < 1.29 is 37.7 Å². The molecule has 11 heteroatoms. The first-order valence-electron chi connectivity index (χ1n) is 10.3. The summed E-state index contributed by atoms with van der Waals surface area (Å²) in [5.41, 5.74) is 0.990. The second kappa shape index (κ2) is 11.5. The monoisotopic (exact) mass is 492 g/mol. The molecule has 0 aliphatic carbocycles. The van der Waals surface area contributed by atoms with Crippen molar-refractivity contribution in [2.75, 3.05) is 23.9 Å². The summed E-state index contributed by atoms with van der Waals surface area (Å²) in [4.78, 5) is 30.7. The maximum absolute atomic E-state index is 13.2. The summed E-state index contributed by atoms with van der Waals surface area (Å²) in [5.74, 6) is -0.880. The number of hydrogen-bond acceptors (Lipinski definition) is 8. The predicted octanol–water partition coefficient (Wildman–Crippen LogP) is 4.43. The minimum Gasteiger partial charge on any atom is -0.504 e. The Bertz CT molecular complexity index is 1110. The maximum atomic E-state index is 13.2. The van der Waals surface area contributed by atoms with E-state index in [0.717, 1.165) is 11.8 Å². The molecule has 1 N–H and O–H groups in total. The van der Waals surface area contributed by atoms with Gasteiger partial charge in [0.2, 0.25) is 0 Å². The number of phenolic OH excluding ortho intramolecular Hbond substituents is 1. The summed E-state index contributed by atoms with van der Waals surface area (Å²) in [6.07, 6.45) is 1.52. The van der Waals surface area contributed by atoms with Gasteiger partial charge in [0.25, 0.3) is 5.91 Å². The molecule has 2 aromatic carbocycles. The van der Waals surface area contributed by atoms with Gasteiger partial charge in [0, 0.05) is 0 Å². The van der Waals surface area contributed by atoms with E-state index in [-0.39, 0.29) is 40.5 Å². The Morgan fingerprint density at radius 1 is 1.18 bits per heavy atom. The number of rotatable bonds is 9. The number of phenols is 1. The largest absolute Gasteiger partial charge is 0.504 e. The standard InChI is InChI=1S/C23H22F2N2O6S/c1-3-31-19-12-14(5-10-18(19)28)11-17-21(30)27(23(26-17)34-13-20(29)32-4-2)15-6-8-16(9-7-15)33-22(24)25/h5-12,22,28H,3-4,13H2,1-2H3. The first-order chi connectivity index (χ1) is 16.3. The lowest BCUT2D eigenvalue weighted by Gasteiger charge is -2.18. The van der Waals surface area contributed by atoms with Crippen LogP contribution < -0.4 is 14.4 Å². The number of aromatic hydroxyl groups is 1. The van der Waals surface area contributed by atoms with Crippen LogP contribution in [-0.4, -0.2) is 47.7 Å². The van der Waals surface area contributed by atoms with Gasteiger partial charge in [-0.15, -0.1) is 0 Å². The minimum atomic E-state index is -2.97. The number of ether oxygens (including phenoxy) is 3. The Hall–Kier alpha value is -3.60. The highest BCUT2D eigenvalue weighted by Crippen LogP contribution is 2.32. The SMILES string of the molecule is CCOC(=O)CSC1=NC(=Cc2ccc(O)c(OCC)c2)C(=O)N1c1ccc(OC(F)F)cc1. The lowest BCUT2D eigenvalue weighted by atomic mass is 10.1. The smallest absolute Gasteiger partial charge is 0.387 e. The fourth-order valence-corrected chi connectivity index (χ4v) is 3.78. The first kappa shape index (κ1) is 25.0. The molecule has 3 rings (SSSR count). The first-order valence-corrected chi connectivity index (χ1v) is 11.2. The Balaban J connectivity index is 1.92. The van der Waals surface area contributed by atoms with Crippen molar-refractivity contribution in [1.82, 2.24) is 0 Å². The van der Waals surface area contributed by atoms with Gasteiger partial charge in [-0.1, -0.05) is 17.8 Å². The number of amidine groups is 1. The highest BCUT2D eigenvalue weighted by Gasteiger charge is 2.32. The van der Waals surface area contributed by atoms with E-state index >= 15 is 0 Å². The second-order valence-electron chi connectivity index (χ2n) is 6.69. The van der Waals surface area contributed by atoms with Crippen molar-refractivity contribution >= 4 is 40.6 Å². The Labute approximate surface area is 198 Å². The van der Waals surface area contributed by atoms with Crippen LogP contribution in [0.3, 0.4) is 0 Å². The predicted molar refractivity (Wildman–Crippen MR) is 124 cm³/mol. The molecule has 0 bridgehead atoms. The third-order valence-electron chi connectivity index (χ3n) is 4.36. The van der Waals surface area contributed by atoms with Crippen molar-refractivity contribution in [2.24, 2.45) is 4.99 Å². The van der Waals surface area contributed by atoms with Crippen LogP contribution in [0.2, 0.25) is 0 Å². The number of halogens is 2. The minimum absolute atomic E-state index is 0.0383. The second-order valence-corrected chi connectivity index (χ2v) is 7.63. The normalized spacial score (nSPS) is 14.5. The van der Waals surface area contributed by atoms with Crippen molar-refractivity contribution in [2.45, 2.75) is 20.5 Å². The molecule has 0 unspecified atom stereocenters. The molecule has 1 aliphatic heterocycles. The van der Waals surface area contributed by atoms with E-state index in [1.807, 2.05) is 0 Å². The lowest BCUT2D eigenvalue weighted by Crippen LogP contribution is -2.31. The van der Waals surface area contributed by atoms with Crippen molar-refractivity contribution in [3.8, 4) is 17.2 Å². The molecule has 34 heavy (non-hydrogen) atoms. The fraction of sp³-hybridized carbons (Fsp3) is 0.261. The number of benzene rings is 2. The summed E-state index contributed by atoms with van der Waals surface area (Å²) in [6, 6.07) is 10.1. The molecular weight excluding hydrogens is 470 g/mol. The number of amides is 1. The van der Waals surface area contributed by atoms with E-state index in [4.69, 9.17) is 9.47 Å². The molecule has 0 fully saturated rings. The number of nitrogens with zero attached hydrogens (tertiary/aromatic N) is 2. The highest BCUT2D eigenvalue weighted by molar-refractivity contribution is 8.14. The lowest BCUT2D eigenvalue weighted by molar-refractivity contribution is -0.139. The van der Waals surface area contributed by atoms with E-state index in [2.05, 4.69) is 9.73 Å². The number of esters is 1. The average molecular weight is 493 g/mol. The molecule has 1 amide bonds. The van der Waals surface area contributed by atoms with Crippen LogP contribution in [0.15, 0.2) is 53.2 Å². The Morgan fingerprint density at radius 3 is 2.56 bits per heavy atom. The molecule has 0 radical (unpaired) electrons. The van der Waals surface area contributed by atoms with Crippen LogP contribution in [0, 0.1) is 0 Å². The van der Waals surface area contributed by atoms with Gasteiger partial charge in [-0.25, -0.2) is 4.99 Å². The van der Waals surface area contributed by atoms with Crippen molar-refractivity contribution in [3.63, 3.8) is 0 Å². The van der Waals surface area contributed by atoms with Gasteiger partial charge in [-0.05, 0) is 61.9 Å². The highest BCUT2D eigenvalue weighted by atomic mass is 32.2. The van der Waals surface area contributed by atoms with E-state index in [1.54, 1.807) is 26.0 Å². The number of aliphatic imine (C=N–C) groups is 1. The van der Waals surface area contributed by atoms with Gasteiger partial charge in [0.05, 0.1) is 24.7 Å². The molecule has 8 nitrogen and oxygen atoms in total. The van der Waals surface area contributed by atoms with E-state index in [1.165, 1.54) is 41.3 Å². The van der Waals surface area contributed by atoms with Crippen LogP contribution in [0.5, 0.6) is 17.2 Å². The van der Waals surface area contributed by atoms with Gasteiger partial charge >= 0.3 is 12.6 Å². The van der Waals surface area contributed by atoms with Gasteiger partial charge < -0.3 is 19.3 Å². The summed E-state index contributed by atoms with van der Waals surface area (Å²) >= 11 is 1.01. The topological polar surface area (TPSA) is 97.7 Å². The van der Waals surface area contributed by atoms with Gasteiger partial charge in [-0.2, -0.15) is 8.78 Å². The molecule has 180 valence electrons. The molecule has 0 saturated heterocycles. The molecule has 1 aliphatic rings. The fourth-order valence-electron chi connectivity index (χ4n) is 2.97. The van der Waals surface area contributed by atoms with Crippen LogP contribution >= 0.6 is 11.8 Å². The average Bonchev–Trinajstić information content (AvgIpc) is 3.10. The number of hydrogen-bond donors (Lipinski definition) is 1. The molecule has 0 saturated carbocycles. The van der Waals surface area contributed by atoms with Gasteiger partial charge in [0.15, 0.2) is 16.7 Å². The quantitative estimate of drug-likeness (QED) is 0.408. The summed E-state index contributed by atoms with van der Waals surface area (Å²) < 4.78 is 39.6. The van der Waals surface area contributed by atoms with Crippen LogP contribution in [-0.2, 0) is 14.3 Å². The van der Waals surface area contributed by atoms with E-state index in [9.17, 15) is 23.5 Å². The Morgan fingerprint density at radius 2 is 1.91 bits per heavy atom. The zero-order valence-electron chi connectivity index (χ0n) is 18.4. The van der Waals surface area contributed by atoms with Crippen LogP contribution in [0.1, 0.15) is 19.4 Å². The number of carbonyl (C=O) groups is 2. The maximum Gasteiger partial charge on any atom is 0.387 e. The summed E-state index contributed by atoms with van der Waals surface area (Å²) in [5, 5.41) is 10.1. The molecule has 1 heterocycles. The van der Waals surface area contributed by atoms with E-state index < -0.39 is 18.5 Å². The molecule has 0 spiro atoms. The zero-order valence-corrected chi connectivity index (χ0v) is 19.2. The van der Waals surface area contributed by atoms with Gasteiger partial charge in [0.1, 0.15) is 11.4 Å². The number of alkyl halides is 2. The third-order valence-corrected chi connectivity index (χ3v) is 5.27. The number of thioether (sulfide) groups is 1. The number of carbonyl (C=O) groups excluding carboxylic acids is 2. The van der Waals surface area contributed by atoms with Gasteiger partial charge in [-0.3, -0.25) is 14.5 Å². The summed E-state index contributed by atoms with van der Waals surface area (Å²) in [6.45, 7) is 1.05. The summed E-state index contributed by atoms with van der Waals surface area (Å²) in [7, 11) is 0. The Kier molecular flexibility index (Phi) is 8.47. The third kappa shape index (κ3) is 6.25. The number of anilines is 1. The molecule has 2 aromatic rings. The molecule has 0 atom stereocenters. The van der Waals surface area contributed by atoms with Crippen LogP contribution in [0.4, 0.5) is 14.5 Å². The molecular formula is C23H22F2N2O6S. The zero-order chi connectivity index (χ0) is 24.7. The van der Waals surface area contributed by atoms with Crippen molar-refractivity contribution in [3.05, 3.63) is 53.7 Å².